The summed E-state index contributed by atoms with van der Waals surface area (Å²) in [6.07, 6.45) is 8.35. The molecule has 1 aliphatic heterocycles. The van der Waals surface area contributed by atoms with E-state index in [2.05, 4.69) is 47.2 Å². The van der Waals surface area contributed by atoms with Gasteiger partial charge in [-0.2, -0.15) is 0 Å². The molecule has 0 saturated carbocycles. The Hall–Kier alpha value is -0.800. The lowest BCUT2D eigenvalue weighted by Gasteiger charge is -2.19. The van der Waals surface area contributed by atoms with Gasteiger partial charge in [0.05, 0.1) is 0 Å². The molecule has 1 saturated heterocycles. The average molecular weight is 235 g/mol. The Balaban J connectivity index is 1.70. The Morgan fingerprint density at radius 2 is 2.35 bits per heavy atom. The molecule has 96 valence electrons. The van der Waals surface area contributed by atoms with E-state index in [4.69, 9.17) is 0 Å². The van der Waals surface area contributed by atoms with E-state index < -0.39 is 0 Å². The molecule has 0 amide bonds. The fraction of sp³-hybridized carbons (Fsp3) is 0.714. The zero-order valence-corrected chi connectivity index (χ0v) is 11.2. The molecule has 1 aliphatic rings. The van der Waals surface area contributed by atoms with Crippen molar-refractivity contribution >= 4 is 0 Å². The topological polar surface area (TPSA) is 20.2 Å². The zero-order chi connectivity index (χ0) is 12.1. The number of nitrogens with one attached hydrogen (secondary N) is 1. The van der Waals surface area contributed by atoms with Crippen LogP contribution in [0.1, 0.15) is 31.7 Å². The first-order valence-corrected chi connectivity index (χ1v) is 6.85. The van der Waals surface area contributed by atoms with Crippen molar-refractivity contribution in [3.8, 4) is 0 Å². The van der Waals surface area contributed by atoms with Gasteiger partial charge >= 0.3 is 0 Å². The number of rotatable bonds is 6. The van der Waals surface area contributed by atoms with Gasteiger partial charge in [-0.3, -0.25) is 0 Å². The summed E-state index contributed by atoms with van der Waals surface area (Å²) in [7, 11) is 2.23. The van der Waals surface area contributed by atoms with Crippen molar-refractivity contribution in [1.29, 1.82) is 0 Å². The Morgan fingerprint density at radius 3 is 3.06 bits per heavy atom. The monoisotopic (exact) mass is 235 g/mol. The van der Waals surface area contributed by atoms with Crippen LogP contribution in [0.2, 0.25) is 0 Å². The molecular formula is C14H25N3. The van der Waals surface area contributed by atoms with Gasteiger partial charge in [0.1, 0.15) is 0 Å². The van der Waals surface area contributed by atoms with Crippen molar-refractivity contribution in [2.24, 2.45) is 0 Å². The molecule has 0 aliphatic carbocycles. The largest absolute Gasteiger partial charge is 0.354 e. The highest BCUT2D eigenvalue weighted by molar-refractivity contribution is 5.09. The van der Waals surface area contributed by atoms with Crippen molar-refractivity contribution in [2.45, 2.75) is 45.3 Å². The molecule has 1 unspecified atom stereocenters. The van der Waals surface area contributed by atoms with Gasteiger partial charge in [0.25, 0.3) is 0 Å². The number of hydrogen-bond acceptors (Lipinski definition) is 2. The van der Waals surface area contributed by atoms with E-state index in [1.807, 2.05) is 0 Å². The Kier molecular flexibility index (Phi) is 4.63. The molecule has 0 spiro atoms. The van der Waals surface area contributed by atoms with E-state index in [-0.39, 0.29) is 0 Å². The molecule has 2 heterocycles. The van der Waals surface area contributed by atoms with E-state index in [1.165, 1.54) is 31.4 Å². The Labute approximate surface area is 105 Å². The van der Waals surface area contributed by atoms with Gasteiger partial charge in [0.15, 0.2) is 0 Å². The van der Waals surface area contributed by atoms with Crippen molar-refractivity contribution in [3.05, 3.63) is 24.0 Å². The van der Waals surface area contributed by atoms with Crippen LogP contribution in [-0.4, -0.2) is 35.6 Å². The highest BCUT2D eigenvalue weighted by Gasteiger charge is 2.19. The third-order valence-electron chi connectivity index (χ3n) is 3.67. The van der Waals surface area contributed by atoms with Crippen molar-refractivity contribution < 1.29 is 0 Å². The van der Waals surface area contributed by atoms with Gasteiger partial charge in [-0.15, -0.1) is 0 Å². The molecule has 3 heteroatoms. The van der Waals surface area contributed by atoms with Crippen LogP contribution < -0.4 is 5.32 Å². The molecule has 1 atom stereocenters. The maximum absolute atomic E-state index is 3.57. The SMILES string of the molecule is CCCn1ccc(CNCC2CCCN2C)c1. The molecule has 1 aromatic rings. The number of likely N-dealkylation sites (tertiary alicyclic amines) is 1. The van der Waals surface area contributed by atoms with Crippen molar-refractivity contribution in [2.75, 3.05) is 20.1 Å². The summed E-state index contributed by atoms with van der Waals surface area (Å²) in [5.41, 5.74) is 1.40. The van der Waals surface area contributed by atoms with Gasteiger partial charge in [-0.1, -0.05) is 6.92 Å². The molecule has 2 rings (SSSR count). The van der Waals surface area contributed by atoms with Crippen LogP contribution >= 0.6 is 0 Å². The van der Waals surface area contributed by atoms with Gasteiger partial charge in [0, 0.05) is 38.1 Å². The molecule has 17 heavy (non-hydrogen) atoms. The lowest BCUT2D eigenvalue weighted by Crippen LogP contribution is -2.35. The fourth-order valence-electron chi connectivity index (χ4n) is 2.61. The minimum Gasteiger partial charge on any atom is -0.354 e. The summed E-state index contributed by atoms with van der Waals surface area (Å²) in [5, 5.41) is 3.57. The van der Waals surface area contributed by atoms with E-state index in [1.54, 1.807) is 0 Å². The molecule has 0 bridgehead atoms. The van der Waals surface area contributed by atoms with Crippen LogP contribution in [0.15, 0.2) is 18.5 Å². The number of hydrogen-bond donors (Lipinski definition) is 1. The molecule has 0 radical (unpaired) electrons. The van der Waals surface area contributed by atoms with Crippen LogP contribution in [-0.2, 0) is 13.1 Å². The summed E-state index contributed by atoms with van der Waals surface area (Å²) < 4.78 is 2.28. The molecule has 1 fully saturated rings. The summed E-state index contributed by atoms with van der Waals surface area (Å²) >= 11 is 0. The fourth-order valence-corrected chi connectivity index (χ4v) is 2.61. The van der Waals surface area contributed by atoms with Crippen LogP contribution in [0.4, 0.5) is 0 Å². The minimum atomic E-state index is 0.743. The Morgan fingerprint density at radius 1 is 1.47 bits per heavy atom. The minimum absolute atomic E-state index is 0.743. The van der Waals surface area contributed by atoms with Gasteiger partial charge in [0.2, 0.25) is 0 Å². The number of aryl methyl sites for hydroxylation is 1. The molecule has 1 N–H and O–H groups in total. The standard InChI is InChI=1S/C14H25N3/c1-3-7-17-9-6-13(12-17)10-15-11-14-5-4-8-16(14)2/h6,9,12,14-15H,3-5,7-8,10-11H2,1-2H3. The first kappa shape index (κ1) is 12.7. The van der Waals surface area contributed by atoms with Gasteiger partial charge in [-0.05, 0) is 44.5 Å². The molecule has 3 nitrogen and oxygen atoms in total. The quantitative estimate of drug-likeness (QED) is 0.814. The normalized spacial score (nSPS) is 21.2. The predicted molar refractivity (Wildman–Crippen MR) is 72.1 cm³/mol. The summed E-state index contributed by atoms with van der Waals surface area (Å²) in [6.45, 7) is 6.73. The smallest absolute Gasteiger partial charge is 0.0221 e. The highest BCUT2D eigenvalue weighted by Crippen LogP contribution is 2.13. The lowest BCUT2D eigenvalue weighted by molar-refractivity contribution is 0.300. The first-order chi connectivity index (χ1) is 8.29. The van der Waals surface area contributed by atoms with Crippen LogP contribution in [0.5, 0.6) is 0 Å². The maximum atomic E-state index is 3.57. The van der Waals surface area contributed by atoms with Crippen LogP contribution in [0.25, 0.3) is 0 Å². The lowest BCUT2D eigenvalue weighted by atomic mass is 10.2. The number of aromatic nitrogens is 1. The number of nitrogens with zero attached hydrogens (tertiary/aromatic N) is 2. The van der Waals surface area contributed by atoms with Crippen LogP contribution in [0, 0.1) is 0 Å². The highest BCUT2D eigenvalue weighted by atomic mass is 15.2. The van der Waals surface area contributed by atoms with E-state index >= 15 is 0 Å². The van der Waals surface area contributed by atoms with Gasteiger partial charge in [-0.25, -0.2) is 0 Å². The molecule has 0 aromatic carbocycles. The second-order valence-corrected chi connectivity index (χ2v) is 5.17. The average Bonchev–Trinajstić information content (AvgIpc) is 2.90. The summed E-state index contributed by atoms with van der Waals surface area (Å²) in [4.78, 5) is 2.47. The maximum Gasteiger partial charge on any atom is 0.0221 e. The van der Waals surface area contributed by atoms with Crippen LogP contribution in [0.3, 0.4) is 0 Å². The summed E-state index contributed by atoms with van der Waals surface area (Å²) in [6, 6.07) is 2.97. The van der Waals surface area contributed by atoms with Crippen molar-refractivity contribution in [1.82, 2.24) is 14.8 Å². The second-order valence-electron chi connectivity index (χ2n) is 5.17. The Bertz CT molecular complexity index is 332. The zero-order valence-electron chi connectivity index (χ0n) is 11.2. The van der Waals surface area contributed by atoms with Crippen molar-refractivity contribution in [3.63, 3.8) is 0 Å². The van der Waals surface area contributed by atoms with E-state index in [0.717, 1.165) is 25.7 Å². The van der Waals surface area contributed by atoms with E-state index in [0.29, 0.717) is 0 Å². The third kappa shape index (κ3) is 3.58. The van der Waals surface area contributed by atoms with E-state index in [9.17, 15) is 0 Å². The molecule has 1 aromatic heterocycles. The number of likely N-dealkylation sites (N-methyl/N-ethyl adjacent to an activating group) is 1. The first-order valence-electron chi connectivity index (χ1n) is 6.85. The summed E-state index contributed by atoms with van der Waals surface area (Å²) in [5.74, 6) is 0. The van der Waals surface area contributed by atoms with Gasteiger partial charge < -0.3 is 14.8 Å². The predicted octanol–water partition coefficient (Wildman–Crippen LogP) is 2.08. The molecular weight excluding hydrogens is 210 g/mol. The second kappa shape index (κ2) is 6.22. The third-order valence-corrected chi connectivity index (χ3v) is 3.67.